The van der Waals surface area contributed by atoms with Gasteiger partial charge < -0.3 is 26.0 Å². The highest BCUT2D eigenvalue weighted by atomic mass is 16.5. The quantitative estimate of drug-likeness (QED) is 0.372. The van der Waals surface area contributed by atoms with Crippen LogP contribution >= 0.6 is 0 Å². The number of aliphatic carboxylic acids is 1. The van der Waals surface area contributed by atoms with E-state index in [9.17, 15) is 4.79 Å². The number of ether oxygens (including phenoxy) is 1. The first-order chi connectivity index (χ1) is 6.11. The summed E-state index contributed by atoms with van der Waals surface area (Å²) in [4.78, 5) is 10.3. The number of methoxy groups -OCH3 is 1. The molecule has 0 heterocycles. The first kappa shape index (κ1) is 12.3. The molecule has 0 aliphatic heterocycles. The number of nitrogens with two attached hydrogens (primary N) is 1. The Bertz CT molecular complexity index is 153. The Balaban J connectivity index is 3.64. The van der Waals surface area contributed by atoms with Crippen molar-refractivity contribution in [3.63, 3.8) is 0 Å². The van der Waals surface area contributed by atoms with E-state index in [1.165, 1.54) is 7.11 Å². The Kier molecular flexibility index (Phi) is 6.43. The molecule has 0 aliphatic rings. The molecule has 6 heteroatoms. The van der Waals surface area contributed by atoms with Crippen LogP contribution in [0.25, 0.3) is 0 Å². The van der Waals surface area contributed by atoms with Crippen molar-refractivity contribution < 1.29 is 19.7 Å². The standard InChI is InChI=1S/C7H16N2O4/c1-13-4-5(3-10)9-2-6(8)7(11)12/h5-6,9-10H,2-4,8H2,1H3,(H,11,12). The third kappa shape index (κ3) is 5.53. The lowest BCUT2D eigenvalue weighted by Gasteiger charge is -2.16. The molecule has 0 radical (unpaired) electrons. The van der Waals surface area contributed by atoms with Crippen LogP contribution in [-0.4, -0.2) is 55.1 Å². The molecule has 5 N–H and O–H groups in total. The summed E-state index contributed by atoms with van der Waals surface area (Å²) in [6.45, 7) is 0.326. The molecular weight excluding hydrogens is 176 g/mol. The molecule has 0 saturated heterocycles. The summed E-state index contributed by atoms with van der Waals surface area (Å²) < 4.78 is 4.78. The van der Waals surface area contributed by atoms with Crippen LogP contribution in [0, 0.1) is 0 Å². The largest absolute Gasteiger partial charge is 0.480 e. The zero-order valence-corrected chi connectivity index (χ0v) is 7.56. The SMILES string of the molecule is COCC(CO)NCC(N)C(=O)O. The van der Waals surface area contributed by atoms with E-state index in [1.807, 2.05) is 0 Å². The van der Waals surface area contributed by atoms with Crippen molar-refractivity contribution in [1.29, 1.82) is 0 Å². The molecule has 0 saturated carbocycles. The van der Waals surface area contributed by atoms with Crippen molar-refractivity contribution >= 4 is 5.97 Å². The van der Waals surface area contributed by atoms with Gasteiger partial charge in [0.25, 0.3) is 0 Å². The van der Waals surface area contributed by atoms with Gasteiger partial charge in [-0.3, -0.25) is 4.79 Å². The molecule has 2 unspecified atom stereocenters. The zero-order valence-electron chi connectivity index (χ0n) is 7.56. The summed E-state index contributed by atoms with van der Waals surface area (Å²) in [5.74, 6) is -1.07. The van der Waals surface area contributed by atoms with Crippen molar-refractivity contribution in [1.82, 2.24) is 5.32 Å². The predicted molar refractivity (Wildman–Crippen MR) is 46.4 cm³/mol. The van der Waals surface area contributed by atoms with Crippen LogP contribution in [0.3, 0.4) is 0 Å². The molecule has 13 heavy (non-hydrogen) atoms. The van der Waals surface area contributed by atoms with Gasteiger partial charge in [-0.05, 0) is 0 Å². The second-order valence-electron chi connectivity index (χ2n) is 2.69. The van der Waals surface area contributed by atoms with Gasteiger partial charge in [0.15, 0.2) is 0 Å². The number of carboxylic acids is 1. The first-order valence-electron chi connectivity index (χ1n) is 3.93. The number of carbonyl (C=O) groups is 1. The summed E-state index contributed by atoms with van der Waals surface area (Å²) in [7, 11) is 1.50. The number of aliphatic hydroxyl groups excluding tert-OH is 1. The van der Waals surface area contributed by atoms with Crippen molar-refractivity contribution in [2.24, 2.45) is 5.73 Å². The molecular formula is C7H16N2O4. The number of carboxylic acid groups (broad SMARTS) is 1. The van der Waals surface area contributed by atoms with E-state index < -0.39 is 12.0 Å². The van der Waals surface area contributed by atoms with Crippen LogP contribution in [0.4, 0.5) is 0 Å². The summed E-state index contributed by atoms with van der Waals surface area (Å²) in [6.07, 6.45) is 0. The molecule has 0 aromatic heterocycles. The molecule has 0 aromatic carbocycles. The fourth-order valence-corrected chi connectivity index (χ4v) is 0.758. The Labute approximate surface area is 76.7 Å². The van der Waals surface area contributed by atoms with Crippen LogP contribution in [0.15, 0.2) is 0 Å². The van der Waals surface area contributed by atoms with E-state index in [-0.39, 0.29) is 19.2 Å². The minimum atomic E-state index is -1.07. The average Bonchev–Trinajstić information content (AvgIpc) is 2.11. The normalized spacial score (nSPS) is 15.3. The van der Waals surface area contributed by atoms with Gasteiger partial charge in [0.1, 0.15) is 6.04 Å². The highest BCUT2D eigenvalue weighted by Gasteiger charge is 2.13. The lowest BCUT2D eigenvalue weighted by Crippen LogP contribution is -2.46. The van der Waals surface area contributed by atoms with Crippen molar-refractivity contribution in [3.05, 3.63) is 0 Å². The molecule has 0 bridgehead atoms. The van der Waals surface area contributed by atoms with Crippen LogP contribution in [0.2, 0.25) is 0 Å². The number of hydrogen-bond acceptors (Lipinski definition) is 5. The topological polar surface area (TPSA) is 105 Å². The Morgan fingerprint density at radius 2 is 2.31 bits per heavy atom. The maximum absolute atomic E-state index is 10.3. The first-order valence-corrected chi connectivity index (χ1v) is 3.93. The second kappa shape index (κ2) is 6.79. The van der Waals surface area contributed by atoms with Gasteiger partial charge in [-0.1, -0.05) is 0 Å². The number of aliphatic hydroxyl groups is 1. The molecule has 2 atom stereocenters. The van der Waals surface area contributed by atoms with Gasteiger partial charge in [-0.15, -0.1) is 0 Å². The fourth-order valence-electron chi connectivity index (χ4n) is 0.758. The maximum Gasteiger partial charge on any atom is 0.321 e. The smallest absolute Gasteiger partial charge is 0.321 e. The Hall–Kier alpha value is -0.690. The van der Waals surface area contributed by atoms with Gasteiger partial charge in [-0.25, -0.2) is 0 Å². The van der Waals surface area contributed by atoms with Crippen LogP contribution in [0.1, 0.15) is 0 Å². The van der Waals surface area contributed by atoms with E-state index in [2.05, 4.69) is 5.32 Å². The molecule has 6 nitrogen and oxygen atoms in total. The van der Waals surface area contributed by atoms with Crippen LogP contribution < -0.4 is 11.1 Å². The van der Waals surface area contributed by atoms with Gasteiger partial charge in [0, 0.05) is 13.7 Å². The summed E-state index contributed by atoms with van der Waals surface area (Å²) in [5, 5.41) is 20.0. The van der Waals surface area contributed by atoms with E-state index in [4.69, 9.17) is 20.7 Å². The minimum Gasteiger partial charge on any atom is -0.480 e. The van der Waals surface area contributed by atoms with E-state index >= 15 is 0 Å². The van der Waals surface area contributed by atoms with E-state index in [0.717, 1.165) is 0 Å². The van der Waals surface area contributed by atoms with Gasteiger partial charge >= 0.3 is 5.97 Å². The Morgan fingerprint density at radius 3 is 2.69 bits per heavy atom. The lowest BCUT2D eigenvalue weighted by atomic mass is 10.2. The fraction of sp³-hybridized carbons (Fsp3) is 0.857. The van der Waals surface area contributed by atoms with Crippen molar-refractivity contribution in [3.8, 4) is 0 Å². The number of rotatable bonds is 7. The van der Waals surface area contributed by atoms with Gasteiger partial charge in [0.05, 0.1) is 19.3 Å². The number of nitrogens with one attached hydrogen (secondary N) is 1. The van der Waals surface area contributed by atoms with Gasteiger partial charge in [-0.2, -0.15) is 0 Å². The highest BCUT2D eigenvalue weighted by molar-refractivity contribution is 5.73. The molecule has 0 aliphatic carbocycles. The summed E-state index contributed by atoms with van der Waals surface area (Å²) in [5.41, 5.74) is 5.23. The molecule has 0 fully saturated rings. The zero-order chi connectivity index (χ0) is 10.3. The van der Waals surface area contributed by atoms with E-state index in [1.54, 1.807) is 0 Å². The van der Waals surface area contributed by atoms with E-state index in [0.29, 0.717) is 6.61 Å². The molecule has 0 spiro atoms. The minimum absolute atomic E-state index is 0.111. The Morgan fingerprint density at radius 1 is 1.69 bits per heavy atom. The molecule has 78 valence electrons. The monoisotopic (exact) mass is 192 g/mol. The van der Waals surface area contributed by atoms with Crippen LogP contribution in [0.5, 0.6) is 0 Å². The number of hydrogen-bond donors (Lipinski definition) is 4. The maximum atomic E-state index is 10.3. The highest BCUT2D eigenvalue weighted by Crippen LogP contribution is 1.84. The predicted octanol–water partition coefficient (Wildman–Crippen LogP) is -2.00. The molecule has 0 aromatic rings. The summed E-state index contributed by atoms with van der Waals surface area (Å²) in [6, 6.07) is -1.22. The van der Waals surface area contributed by atoms with Crippen molar-refractivity contribution in [2.45, 2.75) is 12.1 Å². The third-order valence-electron chi connectivity index (χ3n) is 1.53. The van der Waals surface area contributed by atoms with Crippen molar-refractivity contribution in [2.75, 3.05) is 26.9 Å². The summed E-state index contributed by atoms with van der Waals surface area (Å²) >= 11 is 0. The van der Waals surface area contributed by atoms with Gasteiger partial charge in [0.2, 0.25) is 0 Å². The second-order valence-corrected chi connectivity index (χ2v) is 2.69. The van der Waals surface area contributed by atoms with Crippen LogP contribution in [-0.2, 0) is 9.53 Å². The molecule has 0 rings (SSSR count). The lowest BCUT2D eigenvalue weighted by molar-refractivity contribution is -0.138. The third-order valence-corrected chi connectivity index (χ3v) is 1.53. The average molecular weight is 192 g/mol. The molecule has 0 amide bonds.